The zero-order valence-corrected chi connectivity index (χ0v) is 20.4. The predicted molar refractivity (Wildman–Crippen MR) is 131 cm³/mol. The Morgan fingerprint density at radius 1 is 1.09 bits per heavy atom. The summed E-state index contributed by atoms with van der Waals surface area (Å²) >= 11 is 0. The lowest BCUT2D eigenvalue weighted by molar-refractivity contribution is -0.141. The highest BCUT2D eigenvalue weighted by Crippen LogP contribution is 2.45. The van der Waals surface area contributed by atoms with Gasteiger partial charge >= 0.3 is 5.97 Å². The quantitative estimate of drug-likeness (QED) is 0.490. The van der Waals surface area contributed by atoms with E-state index in [9.17, 15) is 4.79 Å². The van der Waals surface area contributed by atoms with Crippen molar-refractivity contribution < 1.29 is 19.0 Å². The third kappa shape index (κ3) is 5.52. The Labute approximate surface area is 197 Å². The maximum absolute atomic E-state index is 13.1. The fraction of sp³-hybridized carbons (Fsp3) is 0.536. The molecule has 2 aromatic carbocycles. The third-order valence-corrected chi connectivity index (χ3v) is 7.01. The first-order chi connectivity index (χ1) is 15.9. The number of esters is 1. The van der Waals surface area contributed by atoms with Crippen molar-refractivity contribution >= 4 is 11.7 Å². The zero-order valence-electron chi connectivity index (χ0n) is 20.4. The molecule has 1 fully saturated rings. The van der Waals surface area contributed by atoms with Crippen LogP contribution >= 0.6 is 0 Å². The van der Waals surface area contributed by atoms with Crippen molar-refractivity contribution in [3.05, 3.63) is 59.2 Å². The summed E-state index contributed by atoms with van der Waals surface area (Å²) in [6.07, 6.45) is 6.64. The van der Waals surface area contributed by atoms with Crippen LogP contribution < -0.4 is 10.1 Å². The Balaban J connectivity index is 1.58. The van der Waals surface area contributed by atoms with E-state index in [2.05, 4.69) is 5.32 Å². The maximum atomic E-state index is 13.1. The van der Waals surface area contributed by atoms with Crippen molar-refractivity contribution in [1.82, 2.24) is 0 Å². The first-order valence-corrected chi connectivity index (χ1v) is 12.3. The summed E-state index contributed by atoms with van der Waals surface area (Å²) in [6, 6.07) is 13.5. The molecule has 1 N–H and O–H groups in total. The summed E-state index contributed by atoms with van der Waals surface area (Å²) in [5.74, 6) is 1.15. The zero-order chi connectivity index (χ0) is 23.4. The number of aryl methyl sites for hydroxylation is 1. The van der Waals surface area contributed by atoms with Gasteiger partial charge < -0.3 is 19.5 Å². The molecule has 1 aliphatic carbocycles. The van der Waals surface area contributed by atoms with Crippen LogP contribution in [0.5, 0.6) is 5.75 Å². The number of hydrogen-bond acceptors (Lipinski definition) is 5. The van der Waals surface area contributed by atoms with Crippen LogP contribution in [0.15, 0.2) is 42.5 Å². The molecule has 5 nitrogen and oxygen atoms in total. The van der Waals surface area contributed by atoms with E-state index in [1.807, 2.05) is 58.2 Å². The normalized spacial score (nSPS) is 22.2. The van der Waals surface area contributed by atoms with Gasteiger partial charge in [-0.1, -0.05) is 49.8 Å². The second kappa shape index (κ2) is 10.2. The molecular formula is C28H37NO4. The van der Waals surface area contributed by atoms with Crippen molar-refractivity contribution in [3.63, 3.8) is 0 Å². The molecule has 0 saturated heterocycles. The van der Waals surface area contributed by atoms with Gasteiger partial charge in [-0.05, 0) is 63.4 Å². The molecule has 5 heteroatoms. The Morgan fingerprint density at radius 2 is 1.82 bits per heavy atom. The minimum atomic E-state index is -0.732. The number of fused-ring (bicyclic) bond motifs is 1. The van der Waals surface area contributed by atoms with Crippen LogP contribution in [-0.2, 0) is 9.47 Å². The van der Waals surface area contributed by atoms with Gasteiger partial charge in [0.15, 0.2) is 6.10 Å². The largest absolute Gasteiger partial charge is 0.483 e. The van der Waals surface area contributed by atoms with Crippen molar-refractivity contribution in [3.8, 4) is 5.75 Å². The van der Waals surface area contributed by atoms with Gasteiger partial charge in [-0.3, -0.25) is 0 Å². The highest BCUT2D eigenvalue weighted by molar-refractivity contribution is 5.89. The molecule has 0 amide bonds. The SMILES string of the molecule is CNc1ccc2c(c1)C(OCCC1CCCCC1)C(OC(=O)c1ccc(C)cc1)C(C)(C)O2. The van der Waals surface area contributed by atoms with E-state index < -0.39 is 17.8 Å². The molecule has 178 valence electrons. The summed E-state index contributed by atoms with van der Waals surface area (Å²) in [6.45, 7) is 6.58. The van der Waals surface area contributed by atoms with Gasteiger partial charge in [-0.2, -0.15) is 0 Å². The van der Waals surface area contributed by atoms with E-state index in [1.54, 1.807) is 12.1 Å². The van der Waals surface area contributed by atoms with Gasteiger partial charge in [0.1, 0.15) is 17.5 Å². The fourth-order valence-corrected chi connectivity index (χ4v) is 4.98. The maximum Gasteiger partial charge on any atom is 0.338 e. The van der Waals surface area contributed by atoms with Gasteiger partial charge in [0.05, 0.1) is 5.56 Å². The Kier molecular flexibility index (Phi) is 7.28. The average Bonchev–Trinajstić information content (AvgIpc) is 2.81. The lowest BCUT2D eigenvalue weighted by Gasteiger charge is -2.44. The molecule has 2 unspecified atom stereocenters. The van der Waals surface area contributed by atoms with E-state index in [-0.39, 0.29) is 5.97 Å². The van der Waals surface area contributed by atoms with Gasteiger partial charge in [0.2, 0.25) is 0 Å². The molecule has 0 spiro atoms. The van der Waals surface area contributed by atoms with Crippen LogP contribution in [-0.4, -0.2) is 31.3 Å². The Hall–Kier alpha value is -2.53. The molecule has 2 aromatic rings. The number of carbonyl (C=O) groups is 1. The number of rotatable bonds is 7. The van der Waals surface area contributed by atoms with Gasteiger partial charge in [0.25, 0.3) is 0 Å². The number of benzene rings is 2. The summed E-state index contributed by atoms with van der Waals surface area (Å²) in [4.78, 5) is 13.1. The summed E-state index contributed by atoms with van der Waals surface area (Å²) < 4.78 is 19.0. The van der Waals surface area contributed by atoms with Crippen molar-refractivity contribution in [2.75, 3.05) is 19.0 Å². The summed E-state index contributed by atoms with van der Waals surface area (Å²) in [5.41, 5.74) is 2.80. The molecule has 33 heavy (non-hydrogen) atoms. The van der Waals surface area contributed by atoms with Crippen LogP contribution in [0.1, 0.15) is 80.0 Å². The van der Waals surface area contributed by atoms with Crippen LogP contribution in [0.25, 0.3) is 0 Å². The molecule has 0 aromatic heterocycles. The highest BCUT2D eigenvalue weighted by Gasteiger charge is 2.47. The summed E-state index contributed by atoms with van der Waals surface area (Å²) in [5, 5.41) is 3.19. The second-order valence-corrected chi connectivity index (χ2v) is 9.98. The topological polar surface area (TPSA) is 56.8 Å². The van der Waals surface area contributed by atoms with E-state index in [0.29, 0.717) is 12.2 Å². The Bertz CT molecular complexity index is 947. The van der Waals surface area contributed by atoms with Crippen LogP contribution in [0, 0.1) is 12.8 Å². The number of hydrogen-bond donors (Lipinski definition) is 1. The number of carbonyl (C=O) groups excluding carboxylic acids is 1. The first kappa shape index (κ1) is 23.6. The number of anilines is 1. The molecule has 0 radical (unpaired) electrons. The van der Waals surface area contributed by atoms with Crippen molar-refractivity contribution in [2.24, 2.45) is 5.92 Å². The lowest BCUT2D eigenvalue weighted by atomic mass is 9.86. The van der Waals surface area contributed by atoms with Crippen molar-refractivity contribution in [1.29, 1.82) is 0 Å². The smallest absolute Gasteiger partial charge is 0.338 e. The molecule has 1 heterocycles. The molecular weight excluding hydrogens is 414 g/mol. The fourth-order valence-electron chi connectivity index (χ4n) is 4.98. The van der Waals surface area contributed by atoms with E-state index in [0.717, 1.165) is 34.9 Å². The van der Waals surface area contributed by atoms with Crippen LogP contribution in [0.4, 0.5) is 5.69 Å². The third-order valence-electron chi connectivity index (χ3n) is 7.01. The minimum absolute atomic E-state index is 0.356. The summed E-state index contributed by atoms with van der Waals surface area (Å²) in [7, 11) is 1.89. The number of ether oxygens (including phenoxy) is 3. The molecule has 2 atom stereocenters. The van der Waals surface area contributed by atoms with E-state index in [1.165, 1.54) is 32.1 Å². The van der Waals surface area contributed by atoms with Gasteiger partial charge in [-0.15, -0.1) is 0 Å². The molecule has 2 aliphatic rings. The van der Waals surface area contributed by atoms with Crippen LogP contribution in [0.2, 0.25) is 0 Å². The predicted octanol–water partition coefficient (Wildman–Crippen LogP) is 6.46. The second-order valence-electron chi connectivity index (χ2n) is 9.98. The van der Waals surface area contributed by atoms with Crippen molar-refractivity contribution in [2.45, 2.75) is 77.1 Å². The average molecular weight is 452 g/mol. The molecule has 0 bridgehead atoms. The minimum Gasteiger partial charge on any atom is -0.483 e. The lowest BCUT2D eigenvalue weighted by Crippen LogP contribution is -2.51. The van der Waals surface area contributed by atoms with Crippen LogP contribution in [0.3, 0.4) is 0 Å². The molecule has 1 saturated carbocycles. The standard InChI is InChI=1S/C28H37NO4/c1-19-10-12-21(13-11-19)27(30)32-26-25(31-17-16-20-8-6-5-7-9-20)23-18-22(29-4)14-15-24(23)33-28(26,2)3/h10-15,18,20,25-26,29H,5-9,16-17H2,1-4H3. The molecule has 1 aliphatic heterocycles. The monoisotopic (exact) mass is 451 g/mol. The molecule has 4 rings (SSSR count). The van der Waals surface area contributed by atoms with Gasteiger partial charge in [0, 0.05) is 24.9 Å². The van der Waals surface area contributed by atoms with E-state index >= 15 is 0 Å². The highest BCUT2D eigenvalue weighted by atomic mass is 16.6. The Morgan fingerprint density at radius 3 is 2.52 bits per heavy atom. The van der Waals surface area contributed by atoms with Gasteiger partial charge in [-0.25, -0.2) is 4.79 Å². The number of nitrogens with one attached hydrogen (secondary N) is 1. The first-order valence-electron chi connectivity index (χ1n) is 12.3. The van der Waals surface area contributed by atoms with E-state index in [4.69, 9.17) is 14.2 Å².